The summed E-state index contributed by atoms with van der Waals surface area (Å²) in [7, 11) is 0. The summed E-state index contributed by atoms with van der Waals surface area (Å²) in [5, 5.41) is 8.27. The van der Waals surface area contributed by atoms with Crippen LogP contribution < -0.4 is 21.3 Å². The maximum absolute atomic E-state index is 12.9. The first kappa shape index (κ1) is 23.4. The normalized spacial score (nSPS) is 10.5. The molecule has 0 saturated heterocycles. The molecule has 3 aromatic rings. The number of nitrogens with two attached hydrogens (primary N) is 1. The molecule has 8 heteroatoms. The van der Waals surface area contributed by atoms with Crippen molar-refractivity contribution in [1.29, 1.82) is 0 Å². The summed E-state index contributed by atoms with van der Waals surface area (Å²) in [6, 6.07) is 14.1. The van der Waals surface area contributed by atoms with Crippen molar-refractivity contribution in [2.45, 2.75) is 32.7 Å². The summed E-state index contributed by atoms with van der Waals surface area (Å²) in [5.74, 6) is 0.322. The zero-order valence-electron chi connectivity index (χ0n) is 17.0. The molecule has 0 radical (unpaired) electrons. The van der Waals surface area contributed by atoms with E-state index in [1.807, 2.05) is 0 Å². The predicted octanol–water partition coefficient (Wildman–Crippen LogP) is 3.60. The maximum atomic E-state index is 12.9. The van der Waals surface area contributed by atoms with Crippen LogP contribution in [0.1, 0.15) is 36.7 Å². The van der Waals surface area contributed by atoms with Gasteiger partial charge in [0.15, 0.2) is 5.69 Å². The fraction of sp³-hybridized carbons (Fsp3) is 0.318. The van der Waals surface area contributed by atoms with Crippen LogP contribution in [0.25, 0.3) is 10.8 Å². The number of ether oxygens (including phenoxy) is 1. The molecule has 0 unspecified atom stereocenters. The first-order valence-electron chi connectivity index (χ1n) is 9.88. The van der Waals surface area contributed by atoms with Crippen LogP contribution in [0, 0.1) is 0 Å². The Bertz CT molecular complexity index is 1030. The number of benzene rings is 2. The molecular formula is C22H27ClN4O3. The topological polar surface area (TPSA) is 99.2 Å². The summed E-state index contributed by atoms with van der Waals surface area (Å²) in [4.78, 5) is 25.7. The van der Waals surface area contributed by atoms with Crippen LogP contribution in [-0.4, -0.2) is 28.8 Å². The van der Waals surface area contributed by atoms with Crippen LogP contribution in [0.15, 0.2) is 53.3 Å². The molecule has 1 amide bonds. The average Bonchev–Trinajstić information content (AvgIpc) is 2.75. The molecule has 2 aromatic carbocycles. The van der Waals surface area contributed by atoms with Crippen molar-refractivity contribution in [2.75, 3.05) is 18.5 Å². The van der Waals surface area contributed by atoms with Gasteiger partial charge in [-0.3, -0.25) is 9.59 Å². The number of hydrogen-bond donors (Lipinski definition) is 2. The Morgan fingerprint density at radius 2 is 1.80 bits per heavy atom. The van der Waals surface area contributed by atoms with Gasteiger partial charge in [-0.25, -0.2) is 4.68 Å². The molecule has 0 bridgehead atoms. The lowest BCUT2D eigenvalue weighted by Crippen LogP contribution is -2.27. The summed E-state index contributed by atoms with van der Waals surface area (Å²) in [6.07, 6.45) is 2.88. The Morgan fingerprint density at radius 1 is 1.10 bits per heavy atom. The molecule has 3 rings (SSSR count). The number of fused-ring (bicyclic) bond motifs is 1. The van der Waals surface area contributed by atoms with Crippen molar-refractivity contribution < 1.29 is 9.53 Å². The Kier molecular flexibility index (Phi) is 8.83. The van der Waals surface area contributed by atoms with Gasteiger partial charge in [-0.1, -0.05) is 38.0 Å². The van der Waals surface area contributed by atoms with E-state index in [0.717, 1.165) is 19.3 Å². The van der Waals surface area contributed by atoms with Crippen molar-refractivity contribution in [1.82, 2.24) is 9.78 Å². The molecule has 160 valence electrons. The molecule has 0 aliphatic carbocycles. The standard InChI is InChI=1S/C22H26N4O3.ClH/c1-2-3-6-14-26-22(28)19-8-5-4-7-18(19)20(25-26)21(27)24-16-9-11-17(12-10-16)29-15-13-23;/h4-5,7-12H,2-3,6,13-15,23H2,1H3,(H,24,27);1H. The van der Waals surface area contributed by atoms with E-state index in [1.54, 1.807) is 48.5 Å². The van der Waals surface area contributed by atoms with Crippen LogP contribution >= 0.6 is 12.4 Å². The first-order valence-corrected chi connectivity index (χ1v) is 9.88. The van der Waals surface area contributed by atoms with Crippen LogP contribution in [0.3, 0.4) is 0 Å². The van der Waals surface area contributed by atoms with Crippen LogP contribution in [0.5, 0.6) is 5.75 Å². The number of nitrogens with one attached hydrogen (secondary N) is 1. The summed E-state index contributed by atoms with van der Waals surface area (Å²) in [6.45, 7) is 3.46. The largest absolute Gasteiger partial charge is 0.492 e. The fourth-order valence-corrected chi connectivity index (χ4v) is 3.07. The van der Waals surface area contributed by atoms with Crippen LogP contribution in [0.4, 0.5) is 5.69 Å². The summed E-state index contributed by atoms with van der Waals surface area (Å²) < 4.78 is 6.84. The second kappa shape index (κ2) is 11.3. The molecule has 1 aromatic heterocycles. The number of amides is 1. The Morgan fingerprint density at radius 3 is 2.47 bits per heavy atom. The smallest absolute Gasteiger partial charge is 0.276 e. The minimum absolute atomic E-state index is 0. The summed E-state index contributed by atoms with van der Waals surface area (Å²) in [5.41, 5.74) is 6.11. The molecular weight excluding hydrogens is 404 g/mol. The van der Waals surface area contributed by atoms with E-state index in [0.29, 0.717) is 41.9 Å². The molecule has 30 heavy (non-hydrogen) atoms. The molecule has 0 atom stereocenters. The molecule has 0 spiro atoms. The van der Waals surface area contributed by atoms with Gasteiger partial charge in [0.2, 0.25) is 0 Å². The Hall–Kier alpha value is -2.90. The minimum Gasteiger partial charge on any atom is -0.492 e. The monoisotopic (exact) mass is 430 g/mol. The maximum Gasteiger partial charge on any atom is 0.276 e. The quantitative estimate of drug-likeness (QED) is 0.505. The number of unbranched alkanes of at least 4 members (excludes halogenated alkanes) is 2. The van der Waals surface area contributed by atoms with E-state index in [1.165, 1.54) is 4.68 Å². The Balaban J connectivity index is 0.00000320. The highest BCUT2D eigenvalue weighted by atomic mass is 35.5. The number of aromatic nitrogens is 2. The third kappa shape index (κ3) is 5.58. The molecule has 1 heterocycles. The SMILES string of the molecule is CCCCCn1nc(C(=O)Nc2ccc(OCCN)cc2)c2ccccc2c1=O.Cl. The van der Waals surface area contributed by atoms with E-state index in [2.05, 4.69) is 17.3 Å². The third-order valence-corrected chi connectivity index (χ3v) is 4.56. The predicted molar refractivity (Wildman–Crippen MR) is 122 cm³/mol. The van der Waals surface area contributed by atoms with Gasteiger partial charge in [0.05, 0.1) is 5.39 Å². The van der Waals surface area contributed by atoms with E-state index < -0.39 is 0 Å². The summed E-state index contributed by atoms with van der Waals surface area (Å²) >= 11 is 0. The van der Waals surface area contributed by atoms with Gasteiger partial charge < -0.3 is 15.8 Å². The van der Waals surface area contributed by atoms with Gasteiger partial charge >= 0.3 is 0 Å². The molecule has 0 saturated carbocycles. The van der Waals surface area contributed by atoms with Crippen molar-refractivity contribution in [3.63, 3.8) is 0 Å². The number of anilines is 1. The average molecular weight is 431 g/mol. The second-order valence-corrected chi connectivity index (χ2v) is 6.75. The zero-order chi connectivity index (χ0) is 20.6. The van der Waals surface area contributed by atoms with Crippen molar-refractivity contribution in [2.24, 2.45) is 5.73 Å². The van der Waals surface area contributed by atoms with Gasteiger partial charge in [0.1, 0.15) is 12.4 Å². The number of nitrogens with zero attached hydrogens (tertiary/aromatic N) is 2. The molecule has 3 N–H and O–H groups in total. The van der Waals surface area contributed by atoms with Gasteiger partial charge in [-0.2, -0.15) is 5.10 Å². The fourth-order valence-electron chi connectivity index (χ4n) is 3.07. The van der Waals surface area contributed by atoms with Crippen LogP contribution in [-0.2, 0) is 6.54 Å². The highest BCUT2D eigenvalue weighted by Gasteiger charge is 2.16. The molecule has 7 nitrogen and oxygen atoms in total. The van der Waals surface area contributed by atoms with Crippen molar-refractivity contribution >= 4 is 34.8 Å². The highest BCUT2D eigenvalue weighted by molar-refractivity contribution is 6.11. The molecule has 0 aliphatic rings. The van der Waals surface area contributed by atoms with Gasteiger partial charge in [-0.15, -0.1) is 12.4 Å². The highest BCUT2D eigenvalue weighted by Crippen LogP contribution is 2.18. The van der Waals surface area contributed by atoms with Crippen LogP contribution in [0.2, 0.25) is 0 Å². The van der Waals surface area contributed by atoms with E-state index >= 15 is 0 Å². The first-order chi connectivity index (χ1) is 14.1. The lowest BCUT2D eigenvalue weighted by Gasteiger charge is -2.12. The van der Waals surface area contributed by atoms with Gasteiger partial charge in [0.25, 0.3) is 11.5 Å². The molecule has 0 fully saturated rings. The van der Waals surface area contributed by atoms with E-state index in [9.17, 15) is 9.59 Å². The third-order valence-electron chi connectivity index (χ3n) is 4.56. The number of carbonyl (C=O) groups is 1. The van der Waals surface area contributed by atoms with E-state index in [-0.39, 0.29) is 29.6 Å². The van der Waals surface area contributed by atoms with Gasteiger partial charge in [-0.05, 0) is 36.8 Å². The lowest BCUT2D eigenvalue weighted by molar-refractivity contribution is 0.102. The second-order valence-electron chi connectivity index (χ2n) is 6.75. The van der Waals surface area contributed by atoms with Crippen molar-refractivity contribution in [3.8, 4) is 5.75 Å². The lowest BCUT2D eigenvalue weighted by atomic mass is 10.1. The number of halogens is 1. The number of rotatable bonds is 9. The van der Waals surface area contributed by atoms with E-state index in [4.69, 9.17) is 10.5 Å². The van der Waals surface area contributed by atoms with Gasteiger partial charge in [0, 0.05) is 24.2 Å². The minimum atomic E-state index is -0.360. The zero-order valence-corrected chi connectivity index (χ0v) is 17.8. The van der Waals surface area contributed by atoms with Crippen molar-refractivity contribution in [3.05, 3.63) is 64.6 Å². The number of carbonyl (C=O) groups excluding carboxylic acids is 1. The molecule has 0 aliphatic heterocycles. The number of hydrogen-bond acceptors (Lipinski definition) is 5. The number of aryl methyl sites for hydroxylation is 1. The Labute approximate surface area is 181 Å².